The molecule has 0 radical (unpaired) electrons. The first-order chi connectivity index (χ1) is 32.7. The van der Waals surface area contributed by atoms with E-state index in [0.29, 0.717) is 29.3 Å². The van der Waals surface area contributed by atoms with Crippen molar-refractivity contribution in [2.75, 3.05) is 16.5 Å². The van der Waals surface area contributed by atoms with Crippen molar-refractivity contribution in [2.45, 2.75) is 0 Å². The van der Waals surface area contributed by atoms with E-state index in [4.69, 9.17) is 23.5 Å². The van der Waals surface area contributed by atoms with Gasteiger partial charge in [-0.3, -0.25) is 8.97 Å². The van der Waals surface area contributed by atoms with Gasteiger partial charge in [0.05, 0.1) is 39.8 Å². The van der Waals surface area contributed by atoms with Gasteiger partial charge in [0.2, 0.25) is 5.78 Å². The summed E-state index contributed by atoms with van der Waals surface area (Å²) in [6.07, 6.45) is 6.12. The summed E-state index contributed by atoms with van der Waals surface area (Å²) in [5.41, 5.74) is 13.5. The molecule has 0 unspecified atom stereocenters. The number of anilines is 2. The number of imidazole rings is 2. The van der Waals surface area contributed by atoms with E-state index < -0.39 is 0 Å². The normalized spacial score (nSPS) is 13.0. The molecule has 5 aromatic heterocycles. The minimum Gasteiger partial charge on any atom is -0.455 e. The van der Waals surface area contributed by atoms with Gasteiger partial charge in [0, 0.05) is 63.7 Å². The van der Waals surface area contributed by atoms with E-state index in [9.17, 15) is 0 Å². The van der Waals surface area contributed by atoms with Crippen LogP contribution in [0.4, 0.5) is 11.4 Å². The molecule has 14 rings (SSSR count). The third kappa shape index (κ3) is 5.53. The summed E-state index contributed by atoms with van der Waals surface area (Å²) < 4.78 is 24.8. The van der Waals surface area contributed by atoms with Crippen LogP contribution < -0.4 is 14.5 Å². The van der Waals surface area contributed by atoms with Gasteiger partial charge < -0.3 is 23.4 Å². The average Bonchev–Trinajstić information content (AvgIpc) is 4.21. The predicted molar refractivity (Wildman–Crippen MR) is 265 cm³/mol. The molecule has 0 aliphatic carbocycles. The molecule has 66 heavy (non-hydrogen) atoms. The van der Waals surface area contributed by atoms with Crippen LogP contribution in [0.1, 0.15) is 0 Å². The topological polar surface area (TPSA) is 77.1 Å². The summed E-state index contributed by atoms with van der Waals surface area (Å²) in [5, 5.41) is 3.89. The SMILES string of the molecule is C1=CN(c2c(-c3ccccc3)cccc2-c2ccccc2)CN1c1cc(Oc2ccc3c(c2)n(-c2ccccn2)c2nc4ccccc4n32)c2oc3ccc4c5ccccc5oc4c3c2c1. The lowest BCUT2D eigenvalue weighted by Gasteiger charge is -2.26. The van der Waals surface area contributed by atoms with Gasteiger partial charge in [-0.15, -0.1) is 0 Å². The maximum absolute atomic E-state index is 7.06. The molecule has 1 aliphatic heterocycles. The minimum atomic E-state index is 0.557. The second-order valence-corrected chi connectivity index (χ2v) is 16.7. The summed E-state index contributed by atoms with van der Waals surface area (Å²) in [4.78, 5) is 14.4. The zero-order chi connectivity index (χ0) is 43.3. The molecular weight excluding hydrogens is 817 g/mol. The van der Waals surface area contributed by atoms with Crippen LogP contribution in [-0.4, -0.2) is 25.6 Å². The zero-order valence-electron chi connectivity index (χ0n) is 35.2. The molecule has 13 aromatic rings. The number of hydrogen-bond acceptors (Lipinski definition) is 7. The molecule has 9 heteroatoms. The first kappa shape index (κ1) is 36.4. The molecule has 0 saturated heterocycles. The molecule has 0 saturated carbocycles. The molecule has 8 aromatic carbocycles. The highest BCUT2D eigenvalue weighted by Gasteiger charge is 2.26. The molecular formula is C57H36N6O3. The van der Waals surface area contributed by atoms with E-state index >= 15 is 0 Å². The van der Waals surface area contributed by atoms with E-state index in [1.807, 2.05) is 66.7 Å². The first-order valence-corrected chi connectivity index (χ1v) is 22.0. The first-order valence-electron chi connectivity index (χ1n) is 22.0. The Hall–Kier alpha value is -9.08. The number of fused-ring (bicyclic) bond motifs is 12. The summed E-state index contributed by atoms with van der Waals surface area (Å²) in [7, 11) is 0. The van der Waals surface area contributed by atoms with Crippen LogP contribution in [-0.2, 0) is 0 Å². The third-order valence-electron chi connectivity index (χ3n) is 12.9. The van der Waals surface area contributed by atoms with Crippen LogP contribution >= 0.6 is 0 Å². The van der Waals surface area contributed by atoms with E-state index in [1.165, 1.54) is 0 Å². The Morgan fingerprint density at radius 2 is 1.26 bits per heavy atom. The van der Waals surface area contributed by atoms with Crippen LogP contribution in [0.15, 0.2) is 215 Å². The van der Waals surface area contributed by atoms with Crippen LogP contribution in [0.3, 0.4) is 0 Å². The fourth-order valence-corrected chi connectivity index (χ4v) is 9.91. The van der Waals surface area contributed by atoms with Crippen molar-refractivity contribution in [3.63, 3.8) is 0 Å². The van der Waals surface area contributed by atoms with Gasteiger partial charge in [-0.1, -0.05) is 115 Å². The average molecular weight is 853 g/mol. The van der Waals surface area contributed by atoms with Crippen molar-refractivity contribution in [1.82, 2.24) is 18.9 Å². The molecule has 9 nitrogen and oxygen atoms in total. The van der Waals surface area contributed by atoms with Gasteiger partial charge in [0.25, 0.3) is 0 Å². The number of nitrogens with zero attached hydrogens (tertiary/aromatic N) is 6. The van der Waals surface area contributed by atoms with E-state index in [0.717, 1.165) is 100 Å². The molecule has 0 spiro atoms. The quantitative estimate of drug-likeness (QED) is 0.158. The fraction of sp³-hybridized carbons (Fsp3) is 0.0175. The summed E-state index contributed by atoms with van der Waals surface area (Å²) in [6.45, 7) is 0.557. The van der Waals surface area contributed by atoms with Crippen LogP contribution in [0.2, 0.25) is 0 Å². The molecule has 0 atom stereocenters. The van der Waals surface area contributed by atoms with Crippen LogP contribution in [0.5, 0.6) is 11.5 Å². The molecule has 0 fully saturated rings. The standard InChI is InChI=1S/C57H36N6O3/c1-3-14-36(15-4-1)40-19-13-20-41(37-16-5-2-6-17-37)54(40)61-31-30-60(35-61)38-32-44-53-50(28-26-43-42-18-7-10-23-49(42)65-56(43)53)66-55(44)51(33-38)64-39-25-27-47-48(34-39)63(52-24-11-12-29-58-52)57-59-45-21-8-9-22-46(45)62(47)57/h1-34H,35H2. The van der Waals surface area contributed by atoms with Crippen molar-refractivity contribution in [3.05, 3.63) is 207 Å². The van der Waals surface area contributed by atoms with Crippen molar-refractivity contribution in [2.24, 2.45) is 0 Å². The highest BCUT2D eigenvalue weighted by atomic mass is 16.5. The predicted octanol–water partition coefficient (Wildman–Crippen LogP) is 14.5. The summed E-state index contributed by atoms with van der Waals surface area (Å²) >= 11 is 0. The second-order valence-electron chi connectivity index (χ2n) is 16.7. The highest BCUT2D eigenvalue weighted by Crippen LogP contribution is 2.47. The van der Waals surface area contributed by atoms with Crippen molar-refractivity contribution >= 4 is 83.1 Å². The van der Waals surface area contributed by atoms with Crippen molar-refractivity contribution in [3.8, 4) is 39.6 Å². The monoisotopic (exact) mass is 852 g/mol. The van der Waals surface area contributed by atoms with E-state index in [-0.39, 0.29) is 0 Å². The van der Waals surface area contributed by atoms with Crippen LogP contribution in [0.25, 0.3) is 99.8 Å². The lowest BCUT2D eigenvalue weighted by atomic mass is 9.95. The zero-order valence-corrected chi connectivity index (χ0v) is 35.2. The van der Waals surface area contributed by atoms with Crippen molar-refractivity contribution < 1.29 is 13.6 Å². The number of para-hydroxylation sites is 4. The van der Waals surface area contributed by atoms with Gasteiger partial charge in [-0.25, -0.2) is 9.97 Å². The molecule has 6 heterocycles. The lowest BCUT2D eigenvalue weighted by molar-refractivity contribution is 0.477. The Bertz CT molecular complexity index is 4020. The Kier molecular flexibility index (Phi) is 7.84. The van der Waals surface area contributed by atoms with Gasteiger partial charge >= 0.3 is 0 Å². The smallest absolute Gasteiger partial charge is 0.221 e. The molecule has 0 bridgehead atoms. The fourth-order valence-electron chi connectivity index (χ4n) is 9.91. The van der Waals surface area contributed by atoms with Gasteiger partial charge in [-0.2, -0.15) is 0 Å². The number of aromatic nitrogens is 4. The molecule has 1 aliphatic rings. The van der Waals surface area contributed by atoms with Crippen molar-refractivity contribution in [1.29, 1.82) is 0 Å². The lowest BCUT2D eigenvalue weighted by Crippen LogP contribution is -2.25. The Balaban J connectivity index is 0.942. The Labute approximate surface area is 376 Å². The van der Waals surface area contributed by atoms with E-state index in [2.05, 4.69) is 152 Å². The molecule has 0 N–H and O–H groups in total. The summed E-state index contributed by atoms with van der Waals surface area (Å²) in [5.74, 6) is 2.75. The third-order valence-corrected chi connectivity index (χ3v) is 12.9. The number of furan rings is 2. The van der Waals surface area contributed by atoms with Crippen LogP contribution in [0, 0.1) is 0 Å². The number of ether oxygens (including phenoxy) is 1. The van der Waals surface area contributed by atoms with Gasteiger partial charge in [0.1, 0.15) is 28.3 Å². The second kappa shape index (κ2) is 14.2. The number of benzene rings is 8. The summed E-state index contributed by atoms with van der Waals surface area (Å²) in [6, 6.07) is 64.7. The maximum Gasteiger partial charge on any atom is 0.221 e. The Morgan fingerprint density at radius 3 is 2.08 bits per heavy atom. The molecule has 0 amide bonds. The van der Waals surface area contributed by atoms with Gasteiger partial charge in [0.15, 0.2) is 11.3 Å². The number of pyridine rings is 1. The number of hydrogen-bond donors (Lipinski definition) is 0. The van der Waals surface area contributed by atoms with E-state index in [1.54, 1.807) is 6.20 Å². The number of rotatable bonds is 7. The van der Waals surface area contributed by atoms with Gasteiger partial charge in [-0.05, 0) is 71.8 Å². The minimum absolute atomic E-state index is 0.557. The molecule has 312 valence electrons. The highest BCUT2D eigenvalue weighted by molar-refractivity contribution is 6.23. The Morgan fingerprint density at radius 1 is 0.515 bits per heavy atom. The maximum atomic E-state index is 7.06. The largest absolute Gasteiger partial charge is 0.455 e.